The number of carbonyl (C=O) groups excluding carboxylic acids is 2. The van der Waals surface area contributed by atoms with Gasteiger partial charge in [0.1, 0.15) is 81.7 Å². The number of hydrogen-bond donors (Lipinski definition) is 2. The standard InChI is InChI=1S/C39H34ClF6N5O4S.C39H35F6N5O4S/c1-38(2,53)10-9-23-5-6-25(26-7-8-29(40)32-30(18-56(4,54)55)48-50(3)35(26)32)33(47-23)20(11-19-12-21(41)15-22(42)13-19)14-24(52)17-51-36-31(34(49-51)37(43)44)27-16-28(27)39(36,45)46;1-38(2,52)11-10-24-8-9-26(27-6-5-7-28-31(19-55(4,53)54)47-49(3)35(27)28)33(46-24)21(12-20-13-22(40)16-23(41)14-20)15-25(51)18-50-36-32(34(48-50)37(42)43)29-17-30(29)39(36,44)45/h5-8,12-13,15,20,27-28,37,53H,11,14,16-18H2,1-4H3;5-9,13-14,16,21,29-30,37,52H,12,15,17-19H2,1-4H3/t20-,27+,28-;21-,29+,30-/m11/s1. The lowest BCUT2D eigenvalue weighted by Gasteiger charge is -2.22. The third kappa shape index (κ3) is 16.6. The molecular formula is C78H69ClF12N10O8S2. The van der Waals surface area contributed by atoms with Crippen LogP contribution in [0.1, 0.15) is 169 Å². The van der Waals surface area contributed by atoms with Crippen molar-refractivity contribution >= 4 is 64.6 Å². The number of benzene rings is 4. The van der Waals surface area contributed by atoms with Crippen molar-refractivity contribution in [2.24, 2.45) is 25.9 Å². The van der Waals surface area contributed by atoms with Crippen LogP contribution in [0.2, 0.25) is 5.02 Å². The molecule has 4 aromatic carbocycles. The molecule has 0 radical (unpaired) electrons. The van der Waals surface area contributed by atoms with Gasteiger partial charge in [-0.1, -0.05) is 47.7 Å². The van der Waals surface area contributed by atoms with E-state index in [1.54, 1.807) is 62.6 Å². The van der Waals surface area contributed by atoms with E-state index in [0.717, 1.165) is 36.8 Å². The summed E-state index contributed by atoms with van der Waals surface area (Å²) in [6, 6.07) is 20.3. The van der Waals surface area contributed by atoms with Crippen LogP contribution in [0, 0.1) is 58.8 Å². The minimum atomic E-state index is -3.57. The molecule has 0 amide bonds. The lowest BCUT2D eigenvalue weighted by molar-refractivity contribution is -0.121. The van der Waals surface area contributed by atoms with Crippen LogP contribution >= 0.6 is 11.6 Å². The van der Waals surface area contributed by atoms with Gasteiger partial charge in [0.15, 0.2) is 31.2 Å². The summed E-state index contributed by atoms with van der Waals surface area (Å²) in [6.45, 7) is 4.25. The number of sulfone groups is 2. The summed E-state index contributed by atoms with van der Waals surface area (Å²) in [5.41, 5.74) is -2.32. The third-order valence-electron chi connectivity index (χ3n) is 19.7. The number of para-hydroxylation sites is 1. The Balaban J connectivity index is 0.000000195. The molecule has 14 rings (SSSR count). The van der Waals surface area contributed by atoms with Gasteiger partial charge in [0, 0.05) is 119 Å². The molecule has 4 aliphatic carbocycles. The summed E-state index contributed by atoms with van der Waals surface area (Å²) < 4.78 is 229. The van der Waals surface area contributed by atoms with E-state index in [-0.39, 0.29) is 92.9 Å². The summed E-state index contributed by atoms with van der Waals surface area (Å²) in [6.07, 6.45) is -5.42. The summed E-state index contributed by atoms with van der Waals surface area (Å²) in [7, 11) is -3.86. The van der Waals surface area contributed by atoms with Gasteiger partial charge in [-0.25, -0.2) is 61.9 Å². The Morgan fingerprint density at radius 3 is 1.37 bits per heavy atom. The third-order valence-corrected chi connectivity index (χ3v) is 21.6. The van der Waals surface area contributed by atoms with Crippen LogP contribution < -0.4 is 0 Å². The molecule has 6 atom stereocenters. The minimum Gasteiger partial charge on any atom is -0.378 e. The highest BCUT2D eigenvalue weighted by Gasteiger charge is 2.68. The van der Waals surface area contributed by atoms with E-state index in [9.17, 15) is 71.8 Å². The second-order valence-electron chi connectivity index (χ2n) is 29.9. The maximum absolute atomic E-state index is 15.4. The smallest absolute Gasteiger partial charge is 0.293 e. The predicted molar refractivity (Wildman–Crippen MR) is 385 cm³/mol. The Kier molecular flexibility index (Phi) is 20.8. The predicted octanol–water partition coefficient (Wildman–Crippen LogP) is 14.5. The Hall–Kier alpha value is -9.73. The van der Waals surface area contributed by atoms with Crippen molar-refractivity contribution in [2.75, 3.05) is 12.5 Å². The highest BCUT2D eigenvalue weighted by atomic mass is 35.5. The maximum atomic E-state index is 15.4. The molecule has 2 N–H and O–H groups in total. The van der Waals surface area contributed by atoms with Crippen molar-refractivity contribution in [3.63, 3.8) is 0 Å². The van der Waals surface area contributed by atoms with Crippen LogP contribution in [-0.2, 0) is 92.6 Å². The van der Waals surface area contributed by atoms with Gasteiger partial charge < -0.3 is 10.2 Å². The first-order valence-corrected chi connectivity index (χ1v) is 39.3. The number of ketones is 2. The number of nitrogens with zero attached hydrogens (tertiary/aromatic N) is 10. The number of rotatable bonds is 22. The second kappa shape index (κ2) is 29.1. The maximum Gasteiger partial charge on any atom is 0.293 e. The summed E-state index contributed by atoms with van der Waals surface area (Å²) in [5.74, 6) is -7.65. The van der Waals surface area contributed by atoms with Gasteiger partial charge in [0.25, 0.3) is 24.7 Å². The first-order chi connectivity index (χ1) is 51.8. The number of aryl methyl sites for hydroxylation is 2. The van der Waals surface area contributed by atoms with Gasteiger partial charge in [-0.2, -0.15) is 38.0 Å². The van der Waals surface area contributed by atoms with Crippen molar-refractivity contribution in [2.45, 2.75) is 150 Å². The number of aliphatic hydroxyl groups is 2. The molecule has 18 nitrogen and oxygen atoms in total. The van der Waals surface area contributed by atoms with Crippen molar-refractivity contribution in [1.82, 2.24) is 49.1 Å². The Morgan fingerprint density at radius 2 is 0.955 bits per heavy atom. The monoisotopic (exact) mass is 1600 g/mol. The van der Waals surface area contributed by atoms with Gasteiger partial charge >= 0.3 is 0 Å². The lowest BCUT2D eigenvalue weighted by Crippen LogP contribution is -2.24. The molecule has 0 spiro atoms. The molecule has 582 valence electrons. The molecule has 4 aliphatic rings. The number of pyridine rings is 2. The van der Waals surface area contributed by atoms with Crippen molar-refractivity contribution in [3.8, 4) is 45.9 Å². The molecular weight excluding hydrogens is 1530 g/mol. The van der Waals surface area contributed by atoms with Crippen LogP contribution in [0.5, 0.6) is 0 Å². The molecule has 10 aromatic rings. The summed E-state index contributed by atoms with van der Waals surface area (Å²) in [5, 5.41) is 38.1. The van der Waals surface area contributed by atoms with Crippen LogP contribution in [0.25, 0.3) is 44.1 Å². The molecule has 33 heteroatoms. The van der Waals surface area contributed by atoms with E-state index in [2.05, 4.69) is 44.1 Å². The number of hydrogen-bond acceptors (Lipinski definition) is 14. The van der Waals surface area contributed by atoms with Gasteiger partial charge in [0.2, 0.25) is 0 Å². The largest absolute Gasteiger partial charge is 0.378 e. The molecule has 0 saturated heterocycles. The van der Waals surface area contributed by atoms with Crippen LogP contribution in [0.15, 0.2) is 91.0 Å². The Morgan fingerprint density at radius 1 is 0.559 bits per heavy atom. The van der Waals surface area contributed by atoms with Gasteiger partial charge in [0.05, 0.1) is 50.3 Å². The van der Waals surface area contributed by atoms with Crippen molar-refractivity contribution < 1.29 is 89.3 Å². The molecule has 2 saturated carbocycles. The van der Waals surface area contributed by atoms with E-state index >= 15 is 17.6 Å². The molecule has 6 heterocycles. The summed E-state index contributed by atoms with van der Waals surface area (Å²) >= 11 is 6.62. The number of carbonyl (C=O) groups is 2. The first-order valence-electron chi connectivity index (χ1n) is 34.8. The lowest BCUT2D eigenvalue weighted by atomic mass is 9.86. The second-order valence-corrected chi connectivity index (χ2v) is 34.6. The molecule has 2 fully saturated rings. The van der Waals surface area contributed by atoms with Gasteiger partial charge in [-0.15, -0.1) is 0 Å². The zero-order chi connectivity index (χ0) is 80.4. The average Bonchev–Trinajstić information content (AvgIpc) is 1.52. The molecule has 0 unspecified atom stereocenters. The Labute approximate surface area is 633 Å². The fraction of sp³-hybridized carbons (Fsp3) is 0.385. The van der Waals surface area contributed by atoms with Crippen molar-refractivity contribution in [1.29, 1.82) is 0 Å². The SMILES string of the molecule is Cn1nc(CS(C)(=O)=O)c2c(Cl)ccc(-c3ccc(C#CC(C)(C)O)nc3[C@@H](CC(=O)Cn3nc(C(F)F)c4c3C(F)(F)[C@@H]3C[C@H]43)Cc3cc(F)cc(F)c3)c21.Cn1nc(CS(C)(=O)=O)c2cccc(-c3ccc(C#CC(C)(C)O)nc3[C@@H](CC(=O)Cn3nc(C(F)F)c4c3C(F)(F)[C@@H]3C[C@H]43)Cc3cc(F)cc(F)c3)c21. The number of Topliss-reactive ketones (excluding diaryl/α,β-unsaturated/α-hetero) is 2. The molecule has 0 bridgehead atoms. The first kappa shape index (κ1) is 79.4. The van der Waals surface area contributed by atoms with Gasteiger partial charge in [-0.05, 0) is 143 Å². The van der Waals surface area contributed by atoms with Gasteiger partial charge in [-0.3, -0.25) is 28.3 Å². The molecule has 6 aromatic heterocycles. The van der Waals surface area contributed by atoms with Crippen molar-refractivity contribution in [3.05, 3.63) is 198 Å². The minimum absolute atomic E-state index is 0.0388. The Bertz CT molecular complexity index is 5820. The number of alkyl halides is 8. The van der Waals surface area contributed by atoms with Crippen LogP contribution in [0.3, 0.4) is 0 Å². The highest BCUT2D eigenvalue weighted by Crippen LogP contribution is 2.69. The van der Waals surface area contributed by atoms with Crippen LogP contribution in [0.4, 0.5) is 52.7 Å². The van der Waals surface area contributed by atoms with E-state index in [4.69, 9.17) is 21.6 Å². The molecule has 0 aliphatic heterocycles. The fourth-order valence-electron chi connectivity index (χ4n) is 15.3. The van der Waals surface area contributed by atoms with E-state index < -0.39 is 180 Å². The highest BCUT2D eigenvalue weighted by molar-refractivity contribution is 7.90. The number of fused-ring (bicyclic) bond motifs is 8. The van der Waals surface area contributed by atoms with E-state index in [0.29, 0.717) is 65.6 Å². The average molecular weight is 1600 g/mol. The molecule has 111 heavy (non-hydrogen) atoms. The number of halogens is 13. The van der Waals surface area contributed by atoms with E-state index in [1.165, 1.54) is 43.1 Å². The zero-order valence-electron chi connectivity index (χ0n) is 60.4. The summed E-state index contributed by atoms with van der Waals surface area (Å²) in [4.78, 5) is 37.6. The van der Waals surface area contributed by atoms with Crippen LogP contribution in [-0.4, -0.2) is 111 Å². The van der Waals surface area contributed by atoms with E-state index in [1.807, 2.05) is 0 Å². The quantitative estimate of drug-likeness (QED) is 0.0474. The number of aromatic nitrogens is 10. The fourth-order valence-corrected chi connectivity index (χ4v) is 17.0. The normalized spacial score (nSPS) is 17.8. The zero-order valence-corrected chi connectivity index (χ0v) is 62.8. The topological polar surface area (TPSA) is 240 Å².